The zero-order valence-corrected chi connectivity index (χ0v) is 14.2. The molecule has 2 aliphatic rings. The number of piperidine rings is 1. The van der Waals surface area contributed by atoms with Crippen molar-refractivity contribution >= 4 is 5.91 Å². The summed E-state index contributed by atoms with van der Waals surface area (Å²) >= 11 is 0. The second-order valence-corrected chi connectivity index (χ2v) is 7.14. The number of likely N-dealkylation sites (tertiary alicyclic amines) is 2. The molecule has 2 saturated heterocycles. The van der Waals surface area contributed by atoms with E-state index in [9.17, 15) is 4.79 Å². The lowest BCUT2D eigenvalue weighted by Gasteiger charge is -2.41. The summed E-state index contributed by atoms with van der Waals surface area (Å²) in [5, 5.41) is 4.31. The Morgan fingerprint density at radius 1 is 1.27 bits per heavy atom. The Labute approximate surface area is 132 Å². The van der Waals surface area contributed by atoms with Crippen molar-refractivity contribution in [3.05, 3.63) is 11.6 Å². The van der Waals surface area contributed by atoms with E-state index in [0.717, 1.165) is 57.1 Å². The van der Waals surface area contributed by atoms with Crippen LogP contribution in [0, 0.1) is 12.3 Å². The summed E-state index contributed by atoms with van der Waals surface area (Å²) in [6.07, 6.45) is 3.14. The van der Waals surface area contributed by atoms with E-state index in [2.05, 4.69) is 33.7 Å². The van der Waals surface area contributed by atoms with Gasteiger partial charge in [0, 0.05) is 26.2 Å². The highest BCUT2D eigenvalue weighted by molar-refractivity contribution is 5.84. The minimum absolute atomic E-state index is 0.157. The van der Waals surface area contributed by atoms with Gasteiger partial charge in [0.1, 0.15) is 11.6 Å². The van der Waals surface area contributed by atoms with E-state index in [1.54, 1.807) is 0 Å². The van der Waals surface area contributed by atoms with Crippen LogP contribution in [0.1, 0.15) is 44.8 Å². The summed E-state index contributed by atoms with van der Waals surface area (Å²) in [6, 6.07) is 0.306. The van der Waals surface area contributed by atoms with Gasteiger partial charge in [-0.1, -0.05) is 0 Å². The van der Waals surface area contributed by atoms with Crippen LogP contribution in [0.15, 0.2) is 0 Å². The van der Waals surface area contributed by atoms with Gasteiger partial charge in [0.05, 0.1) is 12.0 Å². The lowest BCUT2D eigenvalue weighted by Crippen LogP contribution is -2.52. The number of rotatable bonds is 3. The fraction of sp³-hybridized carbons (Fsp3) is 0.812. The van der Waals surface area contributed by atoms with Crippen LogP contribution in [0.2, 0.25) is 0 Å². The molecule has 1 atom stereocenters. The van der Waals surface area contributed by atoms with E-state index in [-0.39, 0.29) is 5.41 Å². The standard InChI is InChI=1S/C16H27N5O/c1-12(2)21-8-5-6-16(15(21)22)7-9-20(11-16)10-14-17-13(3)18-19(14)4/h12H,5-11H2,1-4H3/t16-/m1/s1. The van der Waals surface area contributed by atoms with Crippen molar-refractivity contribution in [2.75, 3.05) is 19.6 Å². The van der Waals surface area contributed by atoms with E-state index in [1.165, 1.54) is 0 Å². The molecule has 6 heteroatoms. The molecule has 0 aromatic carbocycles. The van der Waals surface area contributed by atoms with Gasteiger partial charge in [0.2, 0.25) is 5.91 Å². The van der Waals surface area contributed by atoms with Crippen LogP contribution in [-0.2, 0) is 18.4 Å². The van der Waals surface area contributed by atoms with Crippen LogP contribution in [0.25, 0.3) is 0 Å². The normalized spacial score (nSPS) is 26.6. The average Bonchev–Trinajstić information content (AvgIpc) is 2.98. The summed E-state index contributed by atoms with van der Waals surface area (Å²) in [6.45, 7) is 9.69. The molecule has 0 aliphatic carbocycles. The first-order chi connectivity index (χ1) is 10.4. The van der Waals surface area contributed by atoms with Crippen molar-refractivity contribution in [2.45, 2.75) is 52.6 Å². The maximum Gasteiger partial charge on any atom is 0.230 e. The van der Waals surface area contributed by atoms with Crippen molar-refractivity contribution in [1.29, 1.82) is 0 Å². The fourth-order valence-corrected chi connectivity index (χ4v) is 3.96. The summed E-state index contributed by atoms with van der Waals surface area (Å²) < 4.78 is 1.85. The molecule has 0 bridgehead atoms. The minimum Gasteiger partial charge on any atom is -0.340 e. The number of hydrogen-bond acceptors (Lipinski definition) is 4. The topological polar surface area (TPSA) is 54.3 Å². The molecule has 22 heavy (non-hydrogen) atoms. The molecular formula is C16H27N5O. The predicted molar refractivity (Wildman–Crippen MR) is 84.2 cm³/mol. The zero-order valence-electron chi connectivity index (χ0n) is 14.2. The number of carbonyl (C=O) groups is 1. The monoisotopic (exact) mass is 305 g/mol. The van der Waals surface area contributed by atoms with Gasteiger partial charge in [-0.15, -0.1) is 0 Å². The Hall–Kier alpha value is -1.43. The van der Waals surface area contributed by atoms with E-state index in [4.69, 9.17) is 0 Å². The van der Waals surface area contributed by atoms with E-state index < -0.39 is 0 Å². The van der Waals surface area contributed by atoms with Crippen LogP contribution in [0.4, 0.5) is 0 Å². The van der Waals surface area contributed by atoms with Gasteiger partial charge >= 0.3 is 0 Å². The second-order valence-electron chi connectivity index (χ2n) is 7.14. The van der Waals surface area contributed by atoms with Gasteiger partial charge in [-0.25, -0.2) is 4.98 Å². The number of carbonyl (C=O) groups excluding carboxylic acids is 1. The first-order valence-electron chi connectivity index (χ1n) is 8.31. The van der Waals surface area contributed by atoms with Crippen LogP contribution in [0.5, 0.6) is 0 Å². The van der Waals surface area contributed by atoms with Crippen molar-refractivity contribution in [3.63, 3.8) is 0 Å². The molecule has 0 N–H and O–H groups in total. The molecule has 2 fully saturated rings. The number of nitrogens with zero attached hydrogens (tertiary/aromatic N) is 5. The van der Waals surface area contributed by atoms with Crippen molar-refractivity contribution < 1.29 is 4.79 Å². The van der Waals surface area contributed by atoms with Gasteiger partial charge in [0.15, 0.2) is 0 Å². The summed E-state index contributed by atoms with van der Waals surface area (Å²) in [7, 11) is 1.94. The molecule has 1 aromatic heterocycles. The van der Waals surface area contributed by atoms with Gasteiger partial charge in [-0.2, -0.15) is 5.10 Å². The van der Waals surface area contributed by atoms with Crippen LogP contribution >= 0.6 is 0 Å². The highest BCUT2D eigenvalue weighted by Crippen LogP contribution is 2.40. The largest absolute Gasteiger partial charge is 0.340 e. The van der Waals surface area contributed by atoms with Gasteiger partial charge in [-0.05, 0) is 46.6 Å². The minimum atomic E-state index is -0.157. The Morgan fingerprint density at radius 3 is 2.68 bits per heavy atom. The molecular weight excluding hydrogens is 278 g/mol. The third kappa shape index (κ3) is 2.64. The Morgan fingerprint density at radius 2 is 2.05 bits per heavy atom. The van der Waals surface area contributed by atoms with Crippen molar-refractivity contribution in [1.82, 2.24) is 24.6 Å². The van der Waals surface area contributed by atoms with Crippen LogP contribution in [0.3, 0.4) is 0 Å². The van der Waals surface area contributed by atoms with E-state index >= 15 is 0 Å². The summed E-state index contributed by atoms with van der Waals surface area (Å²) in [5.74, 6) is 2.16. The van der Waals surface area contributed by atoms with Gasteiger partial charge in [0.25, 0.3) is 0 Å². The van der Waals surface area contributed by atoms with Gasteiger partial charge in [-0.3, -0.25) is 14.4 Å². The maximum absolute atomic E-state index is 12.9. The third-order valence-corrected chi connectivity index (χ3v) is 5.15. The lowest BCUT2D eigenvalue weighted by molar-refractivity contribution is -0.147. The molecule has 1 spiro atoms. The molecule has 6 nitrogen and oxygen atoms in total. The van der Waals surface area contributed by atoms with Crippen molar-refractivity contribution in [3.8, 4) is 0 Å². The highest BCUT2D eigenvalue weighted by atomic mass is 16.2. The zero-order chi connectivity index (χ0) is 15.9. The predicted octanol–water partition coefficient (Wildman–Crippen LogP) is 1.35. The molecule has 1 aromatic rings. The van der Waals surface area contributed by atoms with Crippen molar-refractivity contribution in [2.24, 2.45) is 12.5 Å². The summed E-state index contributed by atoms with van der Waals surface area (Å²) in [4.78, 5) is 21.8. The molecule has 0 saturated carbocycles. The Balaban J connectivity index is 1.71. The first-order valence-corrected chi connectivity index (χ1v) is 8.31. The number of aryl methyl sites for hydroxylation is 2. The Kier molecular flexibility index (Phi) is 3.97. The average molecular weight is 305 g/mol. The van der Waals surface area contributed by atoms with Crippen LogP contribution in [-0.4, -0.2) is 56.1 Å². The second kappa shape index (κ2) is 5.65. The SMILES string of the molecule is Cc1nc(CN2CC[C@]3(CCCN(C(C)C)C3=O)C2)n(C)n1. The molecule has 122 valence electrons. The Bertz CT molecular complexity index is 567. The quantitative estimate of drug-likeness (QED) is 0.846. The smallest absolute Gasteiger partial charge is 0.230 e. The third-order valence-electron chi connectivity index (χ3n) is 5.15. The molecule has 0 radical (unpaired) electrons. The van der Waals surface area contributed by atoms with E-state index in [1.807, 2.05) is 18.7 Å². The van der Waals surface area contributed by atoms with Gasteiger partial charge < -0.3 is 4.90 Å². The van der Waals surface area contributed by atoms with E-state index in [0.29, 0.717) is 11.9 Å². The maximum atomic E-state index is 12.9. The highest BCUT2D eigenvalue weighted by Gasteiger charge is 2.48. The molecule has 2 aliphatic heterocycles. The molecule has 3 heterocycles. The molecule has 1 amide bonds. The summed E-state index contributed by atoms with van der Waals surface area (Å²) in [5.41, 5.74) is -0.157. The molecule has 3 rings (SSSR count). The fourth-order valence-electron chi connectivity index (χ4n) is 3.96. The first kappa shape index (κ1) is 15.5. The number of hydrogen-bond donors (Lipinski definition) is 0. The number of amides is 1. The molecule has 0 unspecified atom stereocenters. The lowest BCUT2D eigenvalue weighted by atomic mass is 9.78. The number of aromatic nitrogens is 3. The van der Waals surface area contributed by atoms with Crippen LogP contribution < -0.4 is 0 Å².